The second-order valence-corrected chi connectivity index (χ2v) is 5.13. The molecule has 0 spiro atoms. The minimum atomic E-state index is -0.404. The zero-order valence-electron chi connectivity index (χ0n) is 8.27. The van der Waals surface area contributed by atoms with Crippen molar-refractivity contribution in [1.29, 1.82) is 0 Å². The fraction of sp³-hybridized carbons (Fsp3) is 0.455. The van der Waals surface area contributed by atoms with Gasteiger partial charge in [-0.05, 0) is 35.6 Å². The second-order valence-electron chi connectivity index (χ2n) is 4.69. The predicted molar refractivity (Wildman–Crippen MR) is 55.7 cm³/mol. The van der Waals surface area contributed by atoms with Crippen molar-refractivity contribution in [3.05, 3.63) is 34.6 Å². The highest BCUT2D eigenvalue weighted by Gasteiger charge is 2.59. The second kappa shape index (κ2) is 2.71. The Morgan fingerprint density at radius 3 is 2.36 bits per heavy atom. The fourth-order valence-electron chi connectivity index (χ4n) is 1.96. The van der Waals surface area contributed by atoms with E-state index in [-0.39, 0.29) is 11.2 Å². The molecule has 0 heterocycles. The number of hydrogen-bond acceptors (Lipinski definition) is 1. The first-order valence-corrected chi connectivity index (χ1v) is 4.98. The molecule has 1 aromatic rings. The maximum atomic E-state index is 13.1. The summed E-state index contributed by atoms with van der Waals surface area (Å²) in [6.45, 7) is 4.15. The van der Waals surface area contributed by atoms with Crippen LogP contribution in [0.4, 0.5) is 4.39 Å². The molecule has 1 saturated carbocycles. The molecule has 1 atom stereocenters. The highest BCUT2D eigenvalue weighted by molar-refractivity contribution is 6.30. The zero-order valence-corrected chi connectivity index (χ0v) is 9.03. The molecule has 2 N–H and O–H groups in total. The Bertz CT molecular complexity index is 369. The summed E-state index contributed by atoms with van der Waals surface area (Å²) >= 11 is 5.78. The van der Waals surface area contributed by atoms with E-state index in [9.17, 15) is 4.39 Å². The van der Waals surface area contributed by atoms with Crippen LogP contribution in [0.1, 0.15) is 25.8 Å². The average Bonchev–Trinajstić information content (AvgIpc) is 2.50. The van der Waals surface area contributed by atoms with E-state index in [4.69, 9.17) is 17.3 Å². The van der Waals surface area contributed by atoms with Gasteiger partial charge in [0.05, 0.1) is 0 Å². The van der Waals surface area contributed by atoms with Crippen molar-refractivity contribution < 1.29 is 4.39 Å². The summed E-state index contributed by atoms with van der Waals surface area (Å²) in [7, 11) is 0. The van der Waals surface area contributed by atoms with Gasteiger partial charge in [-0.1, -0.05) is 25.4 Å². The van der Waals surface area contributed by atoms with Crippen molar-refractivity contribution in [2.75, 3.05) is 0 Å². The lowest BCUT2D eigenvalue weighted by Crippen LogP contribution is -2.25. The minimum absolute atomic E-state index is 0.0458. The van der Waals surface area contributed by atoms with Gasteiger partial charge in [0.1, 0.15) is 5.82 Å². The molecular weight excluding hydrogens is 201 g/mol. The summed E-state index contributed by atoms with van der Waals surface area (Å²) in [5.74, 6) is -0.319. The van der Waals surface area contributed by atoms with Gasteiger partial charge < -0.3 is 5.73 Å². The molecule has 3 heteroatoms. The molecule has 1 aliphatic carbocycles. The van der Waals surface area contributed by atoms with Crippen LogP contribution in [0.25, 0.3) is 0 Å². The molecule has 0 bridgehead atoms. The standard InChI is InChI=1S/C11H13ClFN/c1-10(2)6-11(10,14)7-3-8(12)5-9(13)4-7/h3-5H,6,14H2,1-2H3. The summed E-state index contributed by atoms with van der Waals surface area (Å²) in [5, 5.41) is 0.410. The van der Waals surface area contributed by atoms with Crippen LogP contribution in [0.3, 0.4) is 0 Å². The Kier molecular flexibility index (Phi) is 1.92. The minimum Gasteiger partial charge on any atom is -0.321 e. The van der Waals surface area contributed by atoms with Crippen LogP contribution >= 0.6 is 11.6 Å². The van der Waals surface area contributed by atoms with Gasteiger partial charge in [-0.2, -0.15) is 0 Å². The Balaban J connectivity index is 2.44. The maximum absolute atomic E-state index is 13.1. The molecule has 1 aromatic carbocycles. The molecule has 1 fully saturated rings. The first-order valence-electron chi connectivity index (χ1n) is 4.61. The molecule has 1 unspecified atom stereocenters. The van der Waals surface area contributed by atoms with Crippen LogP contribution < -0.4 is 5.73 Å². The van der Waals surface area contributed by atoms with Crippen molar-refractivity contribution in [3.8, 4) is 0 Å². The topological polar surface area (TPSA) is 26.0 Å². The SMILES string of the molecule is CC1(C)CC1(N)c1cc(F)cc(Cl)c1. The van der Waals surface area contributed by atoms with Gasteiger partial charge >= 0.3 is 0 Å². The monoisotopic (exact) mass is 213 g/mol. The molecule has 0 saturated heterocycles. The third kappa shape index (κ3) is 1.33. The smallest absolute Gasteiger partial charge is 0.125 e. The molecule has 0 radical (unpaired) electrons. The lowest BCUT2D eigenvalue weighted by molar-refractivity contribution is 0.506. The van der Waals surface area contributed by atoms with Crippen molar-refractivity contribution in [2.45, 2.75) is 25.8 Å². The van der Waals surface area contributed by atoms with Gasteiger partial charge in [0, 0.05) is 10.6 Å². The Morgan fingerprint density at radius 1 is 1.36 bits per heavy atom. The van der Waals surface area contributed by atoms with E-state index < -0.39 is 5.54 Å². The highest BCUT2D eigenvalue weighted by Crippen LogP contribution is 2.60. The van der Waals surface area contributed by atoms with Crippen LogP contribution in [-0.4, -0.2) is 0 Å². The highest BCUT2D eigenvalue weighted by atomic mass is 35.5. The van der Waals surface area contributed by atoms with Crippen LogP contribution in [0.2, 0.25) is 5.02 Å². The van der Waals surface area contributed by atoms with Crippen molar-refractivity contribution in [1.82, 2.24) is 0 Å². The van der Waals surface area contributed by atoms with Crippen molar-refractivity contribution in [2.24, 2.45) is 11.1 Å². The molecule has 0 amide bonds. The number of halogens is 2. The van der Waals surface area contributed by atoms with E-state index >= 15 is 0 Å². The third-order valence-electron chi connectivity index (χ3n) is 3.18. The zero-order chi connectivity index (χ0) is 10.6. The summed E-state index contributed by atoms with van der Waals surface area (Å²) in [6.07, 6.45) is 0.875. The van der Waals surface area contributed by atoms with Gasteiger partial charge in [0.15, 0.2) is 0 Å². The maximum Gasteiger partial charge on any atom is 0.125 e. The fourth-order valence-corrected chi connectivity index (χ4v) is 2.18. The molecule has 14 heavy (non-hydrogen) atoms. The van der Waals surface area contributed by atoms with E-state index in [1.807, 2.05) is 0 Å². The summed E-state index contributed by atoms with van der Waals surface area (Å²) in [4.78, 5) is 0. The molecular formula is C11H13ClFN. The molecule has 0 aromatic heterocycles. The van der Waals surface area contributed by atoms with E-state index in [2.05, 4.69) is 13.8 Å². The number of nitrogens with two attached hydrogens (primary N) is 1. The van der Waals surface area contributed by atoms with E-state index in [1.165, 1.54) is 12.1 Å². The Labute approximate surface area is 88.1 Å². The lowest BCUT2D eigenvalue weighted by atomic mass is 9.97. The average molecular weight is 214 g/mol. The van der Waals surface area contributed by atoms with Gasteiger partial charge in [-0.3, -0.25) is 0 Å². The normalized spacial score (nSPS) is 28.9. The van der Waals surface area contributed by atoms with Crippen molar-refractivity contribution >= 4 is 11.6 Å². The van der Waals surface area contributed by atoms with Gasteiger partial charge in [0.2, 0.25) is 0 Å². The number of benzene rings is 1. The van der Waals surface area contributed by atoms with Crippen LogP contribution in [0.15, 0.2) is 18.2 Å². The van der Waals surface area contributed by atoms with Crippen LogP contribution in [0.5, 0.6) is 0 Å². The van der Waals surface area contributed by atoms with Crippen LogP contribution in [-0.2, 0) is 5.54 Å². The van der Waals surface area contributed by atoms with Crippen LogP contribution in [0, 0.1) is 11.2 Å². The largest absolute Gasteiger partial charge is 0.321 e. The quantitative estimate of drug-likeness (QED) is 0.763. The summed E-state index contributed by atoms with van der Waals surface area (Å²) in [5.41, 5.74) is 6.60. The number of hydrogen-bond donors (Lipinski definition) is 1. The summed E-state index contributed by atoms with van der Waals surface area (Å²) in [6, 6.07) is 4.52. The number of rotatable bonds is 1. The predicted octanol–water partition coefficient (Wildman–Crippen LogP) is 3.06. The van der Waals surface area contributed by atoms with Crippen molar-refractivity contribution in [3.63, 3.8) is 0 Å². The first kappa shape index (κ1) is 9.94. The Morgan fingerprint density at radius 2 is 1.93 bits per heavy atom. The van der Waals surface area contributed by atoms with E-state index in [0.29, 0.717) is 5.02 Å². The Hall–Kier alpha value is -0.600. The van der Waals surface area contributed by atoms with Gasteiger partial charge in [-0.25, -0.2) is 4.39 Å². The molecule has 76 valence electrons. The van der Waals surface area contributed by atoms with E-state index in [0.717, 1.165) is 12.0 Å². The van der Waals surface area contributed by atoms with Gasteiger partial charge in [0.25, 0.3) is 0 Å². The molecule has 2 rings (SSSR count). The van der Waals surface area contributed by atoms with E-state index in [1.54, 1.807) is 6.07 Å². The first-order chi connectivity index (χ1) is 6.35. The lowest BCUT2D eigenvalue weighted by Gasteiger charge is -2.15. The van der Waals surface area contributed by atoms with Gasteiger partial charge in [-0.15, -0.1) is 0 Å². The third-order valence-corrected chi connectivity index (χ3v) is 3.40. The molecule has 0 aliphatic heterocycles. The molecule has 1 aliphatic rings. The summed E-state index contributed by atoms with van der Waals surface area (Å²) < 4.78 is 13.1. The molecule has 1 nitrogen and oxygen atoms in total.